The summed E-state index contributed by atoms with van der Waals surface area (Å²) in [4.78, 5) is 66.3. The van der Waals surface area contributed by atoms with E-state index in [1.54, 1.807) is 0 Å². The molecule has 0 saturated heterocycles. The van der Waals surface area contributed by atoms with Gasteiger partial charge in [-0.15, -0.1) is 0 Å². The average Bonchev–Trinajstić information content (AvgIpc) is 2.85. The van der Waals surface area contributed by atoms with Gasteiger partial charge in [-0.05, 0) is 6.42 Å². The molecule has 1 rings (SSSR count). The van der Waals surface area contributed by atoms with Crippen LogP contribution in [-0.2, 0) is 53.5 Å². The normalized spacial score (nSPS) is 25.3. The molecule has 0 fully saturated rings. The van der Waals surface area contributed by atoms with Gasteiger partial charge in [0.25, 0.3) is 0 Å². The molecular weight excluding hydrogens is 614 g/mol. The van der Waals surface area contributed by atoms with Gasteiger partial charge in [-0.1, -0.05) is 13.3 Å². The average molecular weight is 636 g/mol. The Morgan fingerprint density at radius 1 is 0.686 bits per heavy atom. The molecule has 1 aliphatic rings. The molecule has 0 aromatic heterocycles. The quantitative estimate of drug-likeness (QED) is 0.125. The molecule has 1 heterocycles. The molecule has 208 valence electrons. The summed E-state index contributed by atoms with van der Waals surface area (Å²) in [5.74, 6) is 0. The Balaban J connectivity index is 2.87. The van der Waals surface area contributed by atoms with Crippen molar-refractivity contribution in [2.45, 2.75) is 26.1 Å². The van der Waals surface area contributed by atoms with E-state index >= 15 is 0 Å². The first-order valence-electron chi connectivity index (χ1n) is 8.58. The summed E-state index contributed by atoms with van der Waals surface area (Å²) in [6, 6.07) is 0. The van der Waals surface area contributed by atoms with Crippen molar-refractivity contribution in [3.05, 3.63) is 12.4 Å². The second-order valence-electron chi connectivity index (χ2n) is 6.23. The van der Waals surface area contributed by atoms with Gasteiger partial charge in [0.2, 0.25) is 6.35 Å². The summed E-state index contributed by atoms with van der Waals surface area (Å²) in [6.45, 7) is 2.18. The second kappa shape index (κ2) is 11.9. The minimum Gasteiger partial charge on any atom is -0.337 e. The number of hydrogen-bond acceptors (Lipinski definition) is 14. The Morgan fingerprint density at radius 3 is 1.49 bits per heavy atom. The fourth-order valence-electron chi connectivity index (χ4n) is 2.09. The zero-order chi connectivity index (χ0) is 27.5. The van der Waals surface area contributed by atoms with Gasteiger partial charge in [0, 0.05) is 26.0 Å². The van der Waals surface area contributed by atoms with Crippen LogP contribution >= 0.6 is 46.9 Å². The third kappa shape index (κ3) is 13.0. The highest BCUT2D eigenvalue weighted by atomic mass is 31.3. The van der Waals surface area contributed by atoms with Crippen molar-refractivity contribution < 1.29 is 87.7 Å². The molecule has 27 heteroatoms. The van der Waals surface area contributed by atoms with E-state index < -0.39 is 53.3 Å². The highest BCUT2D eigenvalue weighted by Gasteiger charge is 2.49. The lowest BCUT2D eigenvalue weighted by molar-refractivity contribution is -0.0331. The lowest BCUT2D eigenvalue weighted by Crippen LogP contribution is -2.38. The van der Waals surface area contributed by atoms with Gasteiger partial charge in [0.1, 0.15) is 0 Å². The van der Waals surface area contributed by atoms with Crippen LogP contribution in [0.2, 0.25) is 0 Å². The molecule has 0 aromatic carbocycles. The maximum absolute atomic E-state index is 12.2. The highest BCUT2D eigenvalue weighted by molar-refractivity contribution is 7.72. The molecule has 0 bridgehead atoms. The number of rotatable bonds is 15. The zero-order valence-electron chi connectivity index (χ0n) is 17.5. The highest BCUT2D eigenvalue weighted by Crippen LogP contribution is 2.75. The van der Waals surface area contributed by atoms with Crippen LogP contribution in [0.4, 0.5) is 0 Å². The van der Waals surface area contributed by atoms with Crippen LogP contribution in [-0.4, -0.2) is 64.0 Å². The van der Waals surface area contributed by atoms with Crippen molar-refractivity contribution in [1.29, 1.82) is 0 Å². The van der Waals surface area contributed by atoms with Gasteiger partial charge >= 0.3 is 46.9 Å². The Morgan fingerprint density at radius 2 is 1.09 bits per heavy atom. The smallest absolute Gasteiger partial charge is 0.337 e. The Bertz CT molecular complexity index is 1070. The molecule has 35 heavy (non-hydrogen) atoms. The van der Waals surface area contributed by atoms with E-state index in [9.17, 15) is 47.0 Å². The number of nitrogens with zero attached hydrogens (tertiary/aromatic N) is 2. The molecule has 0 aliphatic carbocycles. The lowest BCUT2D eigenvalue weighted by atomic mass is 10.3. The molecule has 21 nitrogen and oxygen atoms in total. The fourth-order valence-corrected chi connectivity index (χ4v) is 9.55. The first-order valence-corrected chi connectivity index (χ1v) is 17.6. The van der Waals surface area contributed by atoms with Crippen LogP contribution in [0, 0.1) is 0 Å². The van der Waals surface area contributed by atoms with Crippen molar-refractivity contribution in [1.82, 2.24) is 9.80 Å². The third-order valence-electron chi connectivity index (χ3n) is 3.16. The second-order valence-corrected chi connectivity index (χ2v) is 15.4. The van der Waals surface area contributed by atoms with Crippen molar-refractivity contribution in [2.24, 2.45) is 0 Å². The molecule has 6 atom stereocenters. The number of hydrogen-bond donors (Lipinski definition) is 7. The van der Waals surface area contributed by atoms with Gasteiger partial charge in [-0.3, -0.25) is 0 Å². The maximum Gasteiger partial charge on any atom is 0.490 e. The van der Waals surface area contributed by atoms with E-state index in [0.29, 0.717) is 13.0 Å². The maximum atomic E-state index is 12.2. The van der Waals surface area contributed by atoms with Gasteiger partial charge in [0.05, 0.1) is 0 Å². The number of phosphoric acid groups is 6. The summed E-state index contributed by atoms with van der Waals surface area (Å²) in [7, 11) is -34.8. The summed E-state index contributed by atoms with van der Waals surface area (Å²) in [5, 5.41) is 0. The van der Waals surface area contributed by atoms with Crippen LogP contribution in [0.15, 0.2) is 12.4 Å². The van der Waals surface area contributed by atoms with Crippen molar-refractivity contribution in [2.75, 3.05) is 13.6 Å². The molecule has 0 saturated carbocycles. The first kappa shape index (κ1) is 33.2. The van der Waals surface area contributed by atoms with Crippen molar-refractivity contribution >= 4 is 46.9 Å². The Hall–Kier alpha value is 0.200. The van der Waals surface area contributed by atoms with Gasteiger partial charge in [-0.2, -0.15) is 21.6 Å². The van der Waals surface area contributed by atoms with Crippen LogP contribution in [0.25, 0.3) is 0 Å². The molecule has 7 N–H and O–H groups in total. The molecule has 0 amide bonds. The Labute approximate surface area is 197 Å². The Kier molecular flexibility index (Phi) is 11.3. The lowest BCUT2D eigenvalue weighted by Gasteiger charge is -2.31. The van der Waals surface area contributed by atoms with E-state index in [-0.39, 0.29) is 0 Å². The van der Waals surface area contributed by atoms with E-state index in [0.717, 1.165) is 6.42 Å². The molecular formula is C8H22N2O19P6. The molecule has 0 spiro atoms. The monoisotopic (exact) mass is 636 g/mol. The number of unbranched alkanes of at least 4 members (excludes halogenated alkanes) is 1. The summed E-state index contributed by atoms with van der Waals surface area (Å²) in [6.07, 6.45) is 2.90. The van der Waals surface area contributed by atoms with E-state index in [1.165, 1.54) is 29.2 Å². The van der Waals surface area contributed by atoms with Crippen molar-refractivity contribution in [3.63, 3.8) is 0 Å². The minimum absolute atomic E-state index is 0.321. The number of phosphoric ester groups is 1. The summed E-state index contributed by atoms with van der Waals surface area (Å²) in [5.41, 5.74) is 0. The van der Waals surface area contributed by atoms with Gasteiger partial charge in [-0.25, -0.2) is 31.9 Å². The van der Waals surface area contributed by atoms with Gasteiger partial charge in [0.15, 0.2) is 0 Å². The summed E-state index contributed by atoms with van der Waals surface area (Å²) >= 11 is 0. The largest absolute Gasteiger partial charge is 0.490 e. The van der Waals surface area contributed by atoms with Gasteiger partial charge < -0.3 is 44.1 Å². The van der Waals surface area contributed by atoms with Crippen LogP contribution < -0.4 is 0 Å². The summed E-state index contributed by atoms with van der Waals surface area (Å²) < 4.78 is 91.2. The van der Waals surface area contributed by atoms with Crippen LogP contribution in [0.5, 0.6) is 0 Å². The predicted octanol–water partition coefficient (Wildman–Crippen LogP) is 1.48. The third-order valence-corrected chi connectivity index (χ3v) is 11.9. The molecule has 0 radical (unpaired) electrons. The first-order chi connectivity index (χ1) is 15.5. The molecule has 0 aromatic rings. The van der Waals surface area contributed by atoms with Crippen LogP contribution in [0.1, 0.15) is 19.8 Å². The van der Waals surface area contributed by atoms with E-state index in [4.69, 9.17) is 19.2 Å². The fraction of sp³-hybridized carbons (Fsp3) is 0.750. The zero-order valence-corrected chi connectivity index (χ0v) is 22.8. The standard InChI is InChI=1S/C8H22N2O19P6/c1-3-4-5-10-7-6-9(2)8(10)24-31(14,15)26-33(18,19)28-35(22,23)29-34(20,21)27-32(16,17)25-30(11,12)13/h6-8H,3-5H2,1-2H3,(H,14,15)(H,16,17)(H,18,19)(H,20,21)(H,22,23)(H2,11,12,13). The minimum atomic E-state index is -6.31. The molecule has 1 aliphatic heterocycles. The van der Waals surface area contributed by atoms with Crippen LogP contribution in [0.3, 0.4) is 0 Å². The van der Waals surface area contributed by atoms with E-state index in [1.807, 2.05) is 6.92 Å². The topological polar surface area (TPSA) is 306 Å². The predicted molar refractivity (Wildman–Crippen MR) is 110 cm³/mol. The molecule has 6 unspecified atom stereocenters. The van der Waals surface area contributed by atoms with E-state index in [2.05, 4.69) is 21.6 Å². The van der Waals surface area contributed by atoms with Crippen molar-refractivity contribution in [3.8, 4) is 0 Å². The SMILES string of the molecule is CCCCN1C=CN(C)C1OP(=O)(O)OP(=O)(O)OP(=O)(O)OP(=O)(O)OP(=O)(O)OP(=O)(O)O.